The van der Waals surface area contributed by atoms with Crippen molar-refractivity contribution in [3.8, 4) is 17.5 Å². The van der Waals surface area contributed by atoms with Gasteiger partial charge in [0.1, 0.15) is 35.9 Å². The second-order valence-corrected chi connectivity index (χ2v) is 22.0. The van der Waals surface area contributed by atoms with Crippen LogP contribution < -0.4 is 36.2 Å². The molecule has 3 aliphatic heterocycles. The van der Waals surface area contributed by atoms with Crippen molar-refractivity contribution in [2.45, 2.75) is 117 Å². The predicted octanol–water partition coefficient (Wildman–Crippen LogP) is 6.51. The number of hydrogen-bond acceptors (Lipinski definition) is 17. The van der Waals surface area contributed by atoms with E-state index in [2.05, 4.69) is 73.5 Å². The summed E-state index contributed by atoms with van der Waals surface area (Å²) in [7, 11) is 1.54. The maximum absolute atomic E-state index is 13.9. The average Bonchev–Trinajstić information content (AvgIpc) is 4.53. The number of nitrogens with zero attached hydrogens (tertiary/aromatic N) is 7. The molecule has 424 valence electrons. The standard InChI is InChI=1S/C57H76N12O9S/c1-7-44-49-43(32-58)62-35-68(49)46-34-61-56(66-52(46)69(44)41-11-8-9-12-41)64-42-19-18-40(31-47(42)74-6)53(71)59-21-24-76-26-28-78-30-29-77-27-25-75-23-20-48(70)65-51(57(3,4)5)55(73)67-22-10-13-45(67)54(72)60-33-38-14-16-39(17-15-38)50-37(2)63-36-79-50/h14-19,31,34-35,41,44-45,51,63H,7-13,20-30,33,36H2,1-6H3,(H,59,71)(H,60,72)(H,65,70)(H,61,64,66)/t44?,45-,51+/m0/s1. The molecule has 22 heteroatoms. The van der Waals surface area contributed by atoms with Crippen molar-refractivity contribution in [3.05, 3.63) is 88.8 Å². The number of fused-ring (bicyclic) bond motifs is 3. The molecule has 0 spiro atoms. The van der Waals surface area contributed by atoms with Crippen LogP contribution in [0.5, 0.6) is 5.75 Å². The number of carbonyl (C=O) groups excluding carboxylic acids is 4. The van der Waals surface area contributed by atoms with E-state index in [4.69, 9.17) is 28.7 Å². The van der Waals surface area contributed by atoms with E-state index in [1.165, 1.54) is 4.91 Å². The van der Waals surface area contributed by atoms with E-state index in [9.17, 15) is 24.4 Å². The van der Waals surface area contributed by atoms with Crippen LogP contribution in [0.25, 0.3) is 10.6 Å². The van der Waals surface area contributed by atoms with Crippen molar-refractivity contribution in [3.63, 3.8) is 0 Å². The zero-order chi connectivity index (χ0) is 55.9. The zero-order valence-corrected chi connectivity index (χ0v) is 47.2. The van der Waals surface area contributed by atoms with Gasteiger partial charge in [-0.3, -0.25) is 23.7 Å². The van der Waals surface area contributed by atoms with E-state index in [0.717, 1.165) is 72.0 Å². The highest BCUT2D eigenvalue weighted by Crippen LogP contribution is 2.45. The maximum Gasteiger partial charge on any atom is 0.251 e. The molecule has 0 radical (unpaired) electrons. The summed E-state index contributed by atoms with van der Waals surface area (Å²) in [6.07, 6.45) is 9.95. The summed E-state index contributed by atoms with van der Waals surface area (Å²) in [5, 5.41) is 25.3. The van der Waals surface area contributed by atoms with Gasteiger partial charge in [-0.1, -0.05) is 64.8 Å². The normalized spacial score (nSPS) is 17.4. The third-order valence-electron chi connectivity index (χ3n) is 14.6. The smallest absolute Gasteiger partial charge is 0.251 e. The fourth-order valence-electron chi connectivity index (χ4n) is 10.5. The summed E-state index contributed by atoms with van der Waals surface area (Å²) in [6.45, 7) is 13.4. The maximum atomic E-state index is 13.9. The molecule has 4 amide bonds. The number of aromatic nitrogens is 4. The molecule has 0 bridgehead atoms. The SMILES string of the molecule is CCC1c2c(C#N)ncn2-c2cnc(Nc3ccc(C(=O)NCCOCCOCCOCCOCCC(=O)N[C@H](C(=O)N4CCC[C@H]4C(=O)NCc4ccc(C5=C(C)NCS5)cc4)C(C)(C)C)cc3OC)nc2N1C1CCCC1. The molecule has 1 unspecified atom stereocenters. The van der Waals surface area contributed by atoms with Crippen molar-refractivity contribution < 1.29 is 42.9 Å². The fourth-order valence-corrected chi connectivity index (χ4v) is 11.5. The number of methoxy groups -OCH3 is 1. The summed E-state index contributed by atoms with van der Waals surface area (Å²) < 4.78 is 30.1. The first-order chi connectivity index (χ1) is 38.3. The lowest BCUT2D eigenvalue weighted by molar-refractivity contribution is -0.144. The van der Waals surface area contributed by atoms with Crippen LogP contribution in [0.3, 0.4) is 0 Å². The van der Waals surface area contributed by atoms with Crippen LogP contribution in [0.2, 0.25) is 0 Å². The topological polar surface area (TPSA) is 248 Å². The van der Waals surface area contributed by atoms with Crippen LogP contribution >= 0.6 is 11.8 Å². The number of ether oxygens (including phenoxy) is 5. The number of allylic oxidation sites excluding steroid dienone is 1. The minimum Gasteiger partial charge on any atom is -0.495 e. The van der Waals surface area contributed by atoms with Gasteiger partial charge in [0.15, 0.2) is 11.5 Å². The van der Waals surface area contributed by atoms with Crippen molar-refractivity contribution in [2.24, 2.45) is 5.41 Å². The summed E-state index contributed by atoms with van der Waals surface area (Å²) >= 11 is 1.77. The van der Waals surface area contributed by atoms with Gasteiger partial charge < -0.3 is 60.1 Å². The monoisotopic (exact) mass is 1100 g/mol. The Morgan fingerprint density at radius 1 is 0.899 bits per heavy atom. The molecule has 5 N–H and O–H groups in total. The third-order valence-corrected chi connectivity index (χ3v) is 15.7. The van der Waals surface area contributed by atoms with Crippen LogP contribution in [0.1, 0.15) is 125 Å². The van der Waals surface area contributed by atoms with Crippen molar-refractivity contribution in [2.75, 3.05) is 89.1 Å². The van der Waals surface area contributed by atoms with E-state index in [0.29, 0.717) is 107 Å². The molecular formula is C57H76N12O9S. The number of benzene rings is 2. The van der Waals surface area contributed by atoms with E-state index in [1.54, 1.807) is 54.5 Å². The second-order valence-electron chi connectivity index (χ2n) is 21.0. The van der Waals surface area contributed by atoms with E-state index in [-0.39, 0.29) is 49.3 Å². The molecule has 2 fully saturated rings. The van der Waals surface area contributed by atoms with Gasteiger partial charge in [-0.15, -0.1) is 11.8 Å². The Kier molecular flexibility index (Phi) is 20.6. The van der Waals surface area contributed by atoms with Gasteiger partial charge in [-0.25, -0.2) is 9.97 Å². The number of hydrogen-bond donors (Lipinski definition) is 5. The fraction of sp³-hybridized carbons (Fsp3) is 0.544. The summed E-state index contributed by atoms with van der Waals surface area (Å²) in [4.78, 5) is 72.8. The van der Waals surface area contributed by atoms with Crippen LogP contribution in [0.4, 0.5) is 17.5 Å². The molecule has 21 nitrogen and oxygen atoms in total. The molecule has 4 aromatic rings. The van der Waals surface area contributed by atoms with Crippen LogP contribution in [-0.2, 0) is 39.9 Å². The van der Waals surface area contributed by atoms with Gasteiger partial charge >= 0.3 is 0 Å². The molecular weight excluding hydrogens is 1030 g/mol. The van der Waals surface area contributed by atoms with E-state index < -0.39 is 17.5 Å². The van der Waals surface area contributed by atoms with Crippen LogP contribution in [-0.4, -0.2) is 145 Å². The molecule has 5 heterocycles. The average molecular weight is 1110 g/mol. The van der Waals surface area contributed by atoms with Crippen LogP contribution in [0, 0.1) is 16.7 Å². The molecule has 8 rings (SSSR count). The lowest BCUT2D eigenvalue weighted by Gasteiger charge is -2.41. The lowest BCUT2D eigenvalue weighted by atomic mass is 9.85. The largest absolute Gasteiger partial charge is 0.495 e. The molecule has 3 atom stereocenters. The summed E-state index contributed by atoms with van der Waals surface area (Å²) in [5.74, 6) is 1.43. The highest BCUT2D eigenvalue weighted by Gasteiger charge is 2.42. The minimum absolute atomic E-state index is 0.0490. The van der Waals surface area contributed by atoms with Gasteiger partial charge in [0, 0.05) is 48.3 Å². The summed E-state index contributed by atoms with van der Waals surface area (Å²) in [5.41, 5.74) is 5.78. The van der Waals surface area contributed by atoms with E-state index >= 15 is 0 Å². The van der Waals surface area contributed by atoms with Crippen molar-refractivity contribution in [1.29, 1.82) is 5.26 Å². The minimum atomic E-state index is -0.816. The van der Waals surface area contributed by atoms with Gasteiger partial charge in [0.25, 0.3) is 5.91 Å². The Balaban J connectivity index is 0.668. The highest BCUT2D eigenvalue weighted by atomic mass is 32.2. The van der Waals surface area contributed by atoms with E-state index in [1.807, 2.05) is 37.5 Å². The number of nitriles is 1. The second kappa shape index (κ2) is 27.9. The molecule has 1 aliphatic carbocycles. The molecule has 2 aromatic carbocycles. The van der Waals surface area contributed by atoms with Gasteiger partial charge in [0.05, 0.1) is 89.5 Å². The number of thioether (sulfide) groups is 1. The Labute approximate surface area is 467 Å². The predicted molar refractivity (Wildman–Crippen MR) is 301 cm³/mol. The van der Waals surface area contributed by atoms with Crippen molar-refractivity contribution in [1.82, 2.24) is 45.7 Å². The van der Waals surface area contributed by atoms with Gasteiger partial charge in [-0.2, -0.15) is 10.2 Å². The number of nitrogens with one attached hydrogen (secondary N) is 5. The first-order valence-electron chi connectivity index (χ1n) is 27.5. The van der Waals surface area contributed by atoms with Gasteiger partial charge in [-0.05, 0) is 73.8 Å². The van der Waals surface area contributed by atoms with Gasteiger partial charge in [0.2, 0.25) is 23.7 Å². The first kappa shape index (κ1) is 58.4. The Morgan fingerprint density at radius 2 is 1.61 bits per heavy atom. The zero-order valence-electron chi connectivity index (χ0n) is 46.4. The third kappa shape index (κ3) is 14.7. The highest BCUT2D eigenvalue weighted by molar-refractivity contribution is 8.08. The summed E-state index contributed by atoms with van der Waals surface area (Å²) in [6, 6.07) is 14.4. The Hall–Kier alpha value is -6.77. The van der Waals surface area contributed by atoms with Crippen molar-refractivity contribution >= 4 is 57.7 Å². The number of anilines is 3. The quantitative estimate of drug-likeness (QED) is 0.0400. The Morgan fingerprint density at radius 3 is 2.27 bits per heavy atom. The lowest BCUT2D eigenvalue weighted by Crippen LogP contribution is -2.57. The molecule has 2 aromatic heterocycles. The van der Waals surface area contributed by atoms with Crippen LogP contribution in [0.15, 0.2) is 60.7 Å². The number of carbonyl (C=O) groups is 4. The number of imidazole rings is 1. The number of amides is 4. The molecule has 1 saturated carbocycles. The number of likely N-dealkylation sites (tertiary alicyclic amines) is 1. The number of rotatable bonds is 27. The molecule has 1 saturated heterocycles. The first-order valence-corrected chi connectivity index (χ1v) is 28.5. The molecule has 79 heavy (non-hydrogen) atoms. The molecule has 4 aliphatic rings. The Bertz CT molecular complexity index is 2830.